The van der Waals surface area contributed by atoms with Gasteiger partial charge in [-0.1, -0.05) is 0 Å². The molecular formula is C14H18N2O9. The lowest BCUT2D eigenvalue weighted by Gasteiger charge is -2.42. The van der Waals surface area contributed by atoms with E-state index in [1.54, 1.807) is 0 Å². The number of hydrogen-bond acceptors (Lipinski definition) is 9. The topological polar surface area (TPSA) is 172 Å². The lowest BCUT2D eigenvalue weighted by atomic mass is 9.96. The fourth-order valence-electron chi connectivity index (χ4n) is 2.40. The van der Waals surface area contributed by atoms with Crippen molar-refractivity contribution >= 4 is 11.6 Å². The van der Waals surface area contributed by atoms with Crippen LogP contribution in [0.5, 0.6) is 5.75 Å². The minimum absolute atomic E-state index is 0.112. The minimum atomic E-state index is -2.11. The van der Waals surface area contributed by atoms with Gasteiger partial charge in [0.05, 0.1) is 4.92 Å². The second-order valence-electron chi connectivity index (χ2n) is 5.46. The maximum absolute atomic E-state index is 11.3. The van der Waals surface area contributed by atoms with Gasteiger partial charge in [-0.05, 0) is 12.1 Å². The van der Waals surface area contributed by atoms with Crippen molar-refractivity contribution < 1.29 is 39.6 Å². The molecule has 5 atom stereocenters. The van der Waals surface area contributed by atoms with Gasteiger partial charge in [0.1, 0.15) is 30.1 Å². The molecule has 1 fully saturated rings. The van der Waals surface area contributed by atoms with Crippen molar-refractivity contribution in [1.82, 2.24) is 5.32 Å². The number of carbonyl (C=O) groups excluding carboxylic acids is 1. The normalized spacial score (nSPS) is 29.3. The predicted molar refractivity (Wildman–Crippen MR) is 80.2 cm³/mol. The van der Waals surface area contributed by atoms with E-state index in [-0.39, 0.29) is 11.4 Å². The molecule has 1 aromatic rings. The summed E-state index contributed by atoms with van der Waals surface area (Å²) in [5, 5.41) is 51.5. The monoisotopic (exact) mass is 358 g/mol. The molecule has 11 heteroatoms. The van der Waals surface area contributed by atoms with Gasteiger partial charge in [0.2, 0.25) is 12.2 Å². The molecule has 0 radical (unpaired) electrons. The maximum atomic E-state index is 11.3. The van der Waals surface area contributed by atoms with E-state index in [2.05, 4.69) is 5.32 Å². The number of non-ortho nitro benzene ring substituents is 1. The van der Waals surface area contributed by atoms with Crippen LogP contribution in [0.3, 0.4) is 0 Å². The van der Waals surface area contributed by atoms with E-state index in [0.29, 0.717) is 0 Å². The molecule has 1 aliphatic heterocycles. The number of benzene rings is 1. The molecule has 0 spiro atoms. The van der Waals surface area contributed by atoms with Crippen molar-refractivity contribution in [2.45, 2.75) is 43.9 Å². The van der Waals surface area contributed by atoms with Crippen molar-refractivity contribution in [3.63, 3.8) is 0 Å². The zero-order chi connectivity index (χ0) is 18.7. The Kier molecular flexibility index (Phi) is 5.87. The molecule has 5 N–H and O–H groups in total. The molecule has 1 amide bonds. The van der Waals surface area contributed by atoms with Crippen LogP contribution in [-0.4, -0.2) is 68.2 Å². The Morgan fingerprint density at radius 2 is 1.88 bits per heavy atom. The third-order valence-corrected chi connectivity index (χ3v) is 3.60. The number of hydrogen-bond donors (Lipinski definition) is 5. The fraction of sp³-hybridized carbons (Fsp3) is 0.500. The van der Waals surface area contributed by atoms with Crippen molar-refractivity contribution in [2.75, 3.05) is 0 Å². The van der Waals surface area contributed by atoms with Crippen LogP contribution in [0.4, 0.5) is 5.69 Å². The Balaban J connectivity index is 2.22. The summed E-state index contributed by atoms with van der Waals surface area (Å²) in [6, 6.07) is 3.69. The third kappa shape index (κ3) is 4.41. The summed E-state index contributed by atoms with van der Waals surface area (Å²) < 4.78 is 10.7. The van der Waals surface area contributed by atoms with Gasteiger partial charge in [-0.25, -0.2) is 0 Å². The van der Waals surface area contributed by atoms with Crippen LogP contribution in [0.2, 0.25) is 0 Å². The summed E-state index contributed by atoms with van der Waals surface area (Å²) in [5.74, 6) is -0.430. The SMILES string of the molecule is CC(=O)N[C@H]1[C@H](Oc2ccc([N+](=O)[O-])cc2)O[C@H](C(O)O)[C@H](O)[C@@H]1O. The largest absolute Gasteiger partial charge is 0.463 e. The molecule has 1 heterocycles. The summed E-state index contributed by atoms with van der Waals surface area (Å²) in [6.07, 6.45) is -8.36. The van der Waals surface area contributed by atoms with Gasteiger partial charge in [0, 0.05) is 19.1 Å². The number of nitro groups is 1. The summed E-state index contributed by atoms with van der Waals surface area (Å²) in [4.78, 5) is 21.4. The molecule has 0 bridgehead atoms. The highest BCUT2D eigenvalue weighted by Gasteiger charge is 2.48. The van der Waals surface area contributed by atoms with Gasteiger partial charge in [-0.15, -0.1) is 0 Å². The highest BCUT2D eigenvalue weighted by Crippen LogP contribution is 2.26. The molecule has 25 heavy (non-hydrogen) atoms. The first-order chi connectivity index (χ1) is 11.7. The molecule has 1 saturated heterocycles. The van der Waals surface area contributed by atoms with Crippen LogP contribution in [0.1, 0.15) is 6.92 Å². The molecule has 2 rings (SSSR count). The number of nitro benzene ring substituents is 1. The quantitative estimate of drug-likeness (QED) is 0.232. The van der Waals surface area contributed by atoms with Gasteiger partial charge in [-0.3, -0.25) is 14.9 Å². The van der Waals surface area contributed by atoms with Gasteiger partial charge in [0.15, 0.2) is 6.29 Å². The van der Waals surface area contributed by atoms with Crippen molar-refractivity contribution in [3.05, 3.63) is 34.4 Å². The van der Waals surface area contributed by atoms with E-state index in [4.69, 9.17) is 9.47 Å². The Morgan fingerprint density at radius 3 is 2.36 bits per heavy atom. The molecule has 0 aromatic heterocycles. The smallest absolute Gasteiger partial charge is 0.269 e. The fourth-order valence-corrected chi connectivity index (χ4v) is 2.40. The first-order valence-electron chi connectivity index (χ1n) is 7.26. The zero-order valence-corrected chi connectivity index (χ0v) is 13.1. The molecule has 138 valence electrons. The van der Waals surface area contributed by atoms with Gasteiger partial charge in [0.25, 0.3) is 5.69 Å². The summed E-state index contributed by atoms with van der Waals surface area (Å²) in [5.41, 5.74) is -0.172. The minimum Gasteiger partial charge on any atom is -0.463 e. The van der Waals surface area contributed by atoms with Crippen LogP contribution in [0, 0.1) is 10.1 Å². The summed E-state index contributed by atoms with van der Waals surface area (Å²) in [7, 11) is 0. The van der Waals surface area contributed by atoms with Crippen LogP contribution in [0.25, 0.3) is 0 Å². The van der Waals surface area contributed by atoms with E-state index in [0.717, 1.165) is 0 Å². The number of aliphatic hydroxyl groups excluding tert-OH is 3. The molecule has 0 saturated carbocycles. The highest BCUT2D eigenvalue weighted by molar-refractivity contribution is 5.73. The lowest BCUT2D eigenvalue weighted by Crippen LogP contribution is -2.66. The van der Waals surface area contributed by atoms with Gasteiger partial charge < -0.3 is 35.2 Å². The first-order valence-corrected chi connectivity index (χ1v) is 7.26. The van der Waals surface area contributed by atoms with Crippen LogP contribution in [0.15, 0.2) is 24.3 Å². The average molecular weight is 358 g/mol. The number of nitrogens with zero attached hydrogens (tertiary/aromatic N) is 1. The molecule has 1 aromatic carbocycles. The number of amides is 1. The van der Waals surface area contributed by atoms with Crippen LogP contribution < -0.4 is 10.1 Å². The van der Waals surface area contributed by atoms with E-state index in [1.807, 2.05) is 0 Å². The van der Waals surface area contributed by atoms with E-state index in [1.165, 1.54) is 31.2 Å². The molecule has 11 nitrogen and oxygen atoms in total. The van der Waals surface area contributed by atoms with Crippen LogP contribution in [-0.2, 0) is 9.53 Å². The standard InChI is InChI=1S/C14H18N2O9/c1-6(17)15-9-10(18)11(19)12(13(20)21)25-14(9)24-8-4-2-7(3-5-8)16(22)23/h2-5,9-14,18-21H,1H3,(H,15,17)/t9-,10-,11-,12+,14-/m1/s1. The van der Waals surface area contributed by atoms with E-state index >= 15 is 0 Å². The number of ether oxygens (including phenoxy) is 2. The second kappa shape index (κ2) is 7.72. The van der Waals surface area contributed by atoms with Crippen molar-refractivity contribution in [2.24, 2.45) is 0 Å². The van der Waals surface area contributed by atoms with E-state index < -0.39 is 47.8 Å². The summed E-state index contributed by atoms with van der Waals surface area (Å²) in [6.45, 7) is 1.18. The van der Waals surface area contributed by atoms with Crippen LogP contribution >= 0.6 is 0 Å². The Bertz CT molecular complexity index is 621. The summed E-state index contributed by atoms with van der Waals surface area (Å²) >= 11 is 0. The Hall–Kier alpha value is -2.31. The van der Waals surface area contributed by atoms with E-state index in [9.17, 15) is 35.3 Å². The number of carbonyl (C=O) groups is 1. The number of aliphatic hydroxyl groups is 4. The molecular weight excluding hydrogens is 340 g/mol. The number of rotatable bonds is 5. The van der Waals surface area contributed by atoms with Crippen molar-refractivity contribution in [3.8, 4) is 5.75 Å². The second-order valence-corrected chi connectivity index (χ2v) is 5.46. The highest BCUT2D eigenvalue weighted by atomic mass is 16.7. The Morgan fingerprint density at radius 1 is 1.28 bits per heavy atom. The molecule has 1 aliphatic rings. The lowest BCUT2D eigenvalue weighted by molar-refractivity contribution is -0.384. The first kappa shape index (κ1) is 19.0. The van der Waals surface area contributed by atoms with Gasteiger partial charge in [-0.2, -0.15) is 0 Å². The van der Waals surface area contributed by atoms with Crippen molar-refractivity contribution in [1.29, 1.82) is 0 Å². The number of nitrogens with one attached hydrogen (secondary N) is 1. The third-order valence-electron chi connectivity index (χ3n) is 3.60. The molecule has 0 unspecified atom stereocenters. The Labute approximate surface area is 141 Å². The predicted octanol–water partition coefficient (Wildman–Crippen LogP) is -1.76. The average Bonchev–Trinajstić information content (AvgIpc) is 2.54. The maximum Gasteiger partial charge on any atom is 0.269 e. The van der Waals surface area contributed by atoms with Gasteiger partial charge >= 0.3 is 0 Å². The molecule has 0 aliphatic carbocycles. The zero-order valence-electron chi connectivity index (χ0n) is 13.1.